The van der Waals surface area contributed by atoms with Gasteiger partial charge in [-0.1, -0.05) is 12.0 Å². The van der Waals surface area contributed by atoms with Crippen molar-refractivity contribution in [1.82, 2.24) is 14.5 Å². The van der Waals surface area contributed by atoms with E-state index < -0.39 is 21.7 Å². The third-order valence-electron chi connectivity index (χ3n) is 5.11. The van der Waals surface area contributed by atoms with Crippen molar-refractivity contribution in [3.63, 3.8) is 0 Å². The fraction of sp³-hybridized carbons (Fsp3) is 0.286. The Bertz CT molecular complexity index is 1180. The zero-order valence-electron chi connectivity index (χ0n) is 16.8. The largest absolute Gasteiger partial charge is 0.403 e. The average Bonchev–Trinajstić information content (AvgIpc) is 3.22. The fourth-order valence-electron chi connectivity index (χ4n) is 3.44. The number of amides is 1. The van der Waals surface area contributed by atoms with Crippen molar-refractivity contribution in [2.75, 3.05) is 18.4 Å². The SMILES string of the molecule is CC1CCCN(S(=O)(=O)c2ccc(C(=O)Nc3nnc(-c4ccc(F)cc4)o3)cc2)C1. The first-order valence-corrected chi connectivity index (χ1v) is 11.3. The summed E-state index contributed by atoms with van der Waals surface area (Å²) in [5.41, 5.74) is 0.753. The number of carbonyl (C=O) groups is 1. The standard InChI is InChI=1S/C21H21FN4O4S/c1-14-3-2-12-26(13-14)31(28,29)18-10-6-15(7-11-18)19(27)23-21-25-24-20(30-21)16-4-8-17(22)9-5-16/h4-11,14H,2-3,12-13H2,1H3,(H,23,25,27). The van der Waals surface area contributed by atoms with Crippen molar-refractivity contribution in [1.29, 1.82) is 0 Å². The maximum Gasteiger partial charge on any atom is 0.322 e. The molecule has 1 aliphatic heterocycles. The molecule has 1 aromatic heterocycles. The highest BCUT2D eigenvalue weighted by molar-refractivity contribution is 7.89. The Hall–Kier alpha value is -3.11. The summed E-state index contributed by atoms with van der Waals surface area (Å²) < 4.78 is 45.6. The highest BCUT2D eigenvalue weighted by atomic mass is 32.2. The molecule has 31 heavy (non-hydrogen) atoms. The van der Waals surface area contributed by atoms with Gasteiger partial charge in [0.25, 0.3) is 5.91 Å². The maximum absolute atomic E-state index is 13.0. The molecule has 0 aliphatic carbocycles. The summed E-state index contributed by atoms with van der Waals surface area (Å²) >= 11 is 0. The van der Waals surface area contributed by atoms with E-state index in [2.05, 4.69) is 15.5 Å². The molecule has 2 heterocycles. The molecule has 1 atom stereocenters. The van der Waals surface area contributed by atoms with Crippen LogP contribution in [0.1, 0.15) is 30.1 Å². The lowest BCUT2D eigenvalue weighted by molar-refractivity contribution is 0.102. The molecule has 1 fully saturated rings. The molecule has 3 aromatic rings. The average molecular weight is 444 g/mol. The van der Waals surface area contributed by atoms with E-state index >= 15 is 0 Å². The lowest BCUT2D eigenvalue weighted by atomic mass is 10.0. The maximum atomic E-state index is 13.0. The van der Waals surface area contributed by atoms with E-state index in [1.54, 1.807) is 0 Å². The van der Waals surface area contributed by atoms with Gasteiger partial charge in [-0.15, -0.1) is 5.10 Å². The van der Waals surface area contributed by atoms with Crippen molar-refractivity contribution in [2.24, 2.45) is 5.92 Å². The normalized spacial score (nSPS) is 17.4. The van der Waals surface area contributed by atoms with Gasteiger partial charge in [-0.05, 0) is 67.3 Å². The molecule has 0 spiro atoms. The van der Waals surface area contributed by atoms with Crippen molar-refractivity contribution in [3.8, 4) is 11.5 Å². The van der Waals surface area contributed by atoms with Gasteiger partial charge in [0.2, 0.25) is 15.9 Å². The minimum absolute atomic E-state index is 0.122. The molecule has 2 aromatic carbocycles. The van der Waals surface area contributed by atoms with Crippen LogP contribution in [0.15, 0.2) is 57.8 Å². The van der Waals surface area contributed by atoms with Crippen LogP contribution in [-0.2, 0) is 10.0 Å². The number of sulfonamides is 1. The van der Waals surface area contributed by atoms with Gasteiger partial charge in [0.05, 0.1) is 4.90 Å². The van der Waals surface area contributed by atoms with Crippen molar-refractivity contribution >= 4 is 21.9 Å². The summed E-state index contributed by atoms with van der Waals surface area (Å²) in [5, 5.41) is 10.1. The second-order valence-corrected chi connectivity index (χ2v) is 9.45. The van der Waals surface area contributed by atoms with E-state index in [0.717, 1.165) is 12.8 Å². The van der Waals surface area contributed by atoms with Gasteiger partial charge in [-0.2, -0.15) is 4.31 Å². The lowest BCUT2D eigenvalue weighted by Gasteiger charge is -2.30. The summed E-state index contributed by atoms with van der Waals surface area (Å²) in [5.74, 6) is -0.461. The van der Waals surface area contributed by atoms with Crippen LogP contribution in [0, 0.1) is 11.7 Å². The van der Waals surface area contributed by atoms with Gasteiger partial charge in [0.15, 0.2) is 0 Å². The summed E-state index contributed by atoms with van der Waals surface area (Å²) in [7, 11) is -3.59. The minimum atomic E-state index is -3.59. The zero-order chi connectivity index (χ0) is 22.0. The number of nitrogens with one attached hydrogen (secondary N) is 1. The van der Waals surface area contributed by atoms with Crippen LogP contribution in [0.2, 0.25) is 0 Å². The predicted octanol–water partition coefficient (Wildman–Crippen LogP) is 3.55. The quantitative estimate of drug-likeness (QED) is 0.645. The second-order valence-electron chi connectivity index (χ2n) is 7.51. The van der Waals surface area contributed by atoms with Crippen LogP contribution in [0.3, 0.4) is 0 Å². The van der Waals surface area contributed by atoms with Gasteiger partial charge in [-0.25, -0.2) is 12.8 Å². The zero-order valence-corrected chi connectivity index (χ0v) is 17.6. The molecule has 0 saturated carbocycles. The molecular weight excluding hydrogens is 423 g/mol. The van der Waals surface area contributed by atoms with E-state index in [-0.39, 0.29) is 22.4 Å². The molecule has 1 saturated heterocycles. The molecule has 0 bridgehead atoms. The molecule has 1 unspecified atom stereocenters. The molecular formula is C21H21FN4O4S. The van der Waals surface area contributed by atoms with Crippen molar-refractivity contribution < 1.29 is 22.0 Å². The van der Waals surface area contributed by atoms with Crippen LogP contribution < -0.4 is 5.32 Å². The topological polar surface area (TPSA) is 105 Å². The third kappa shape index (κ3) is 4.64. The number of carbonyl (C=O) groups excluding carboxylic acids is 1. The number of anilines is 1. The van der Waals surface area contributed by atoms with E-state index in [0.29, 0.717) is 24.6 Å². The Balaban J connectivity index is 1.45. The highest BCUT2D eigenvalue weighted by Gasteiger charge is 2.28. The first-order valence-electron chi connectivity index (χ1n) is 9.84. The van der Waals surface area contributed by atoms with Crippen LogP contribution in [-0.4, -0.2) is 41.9 Å². The number of hydrogen-bond acceptors (Lipinski definition) is 6. The lowest BCUT2D eigenvalue weighted by Crippen LogP contribution is -2.39. The Labute approximate surface area is 179 Å². The van der Waals surface area contributed by atoms with Crippen molar-refractivity contribution in [3.05, 3.63) is 59.9 Å². The molecule has 1 aliphatic rings. The highest BCUT2D eigenvalue weighted by Crippen LogP contribution is 2.24. The van der Waals surface area contributed by atoms with Gasteiger partial charge in [0, 0.05) is 24.2 Å². The van der Waals surface area contributed by atoms with E-state index in [4.69, 9.17) is 4.42 Å². The first-order chi connectivity index (χ1) is 14.8. The van der Waals surface area contributed by atoms with Crippen LogP contribution in [0.25, 0.3) is 11.5 Å². The minimum Gasteiger partial charge on any atom is -0.403 e. The van der Waals surface area contributed by atoms with Crippen molar-refractivity contribution in [2.45, 2.75) is 24.7 Å². The number of nitrogens with zero attached hydrogens (tertiary/aromatic N) is 3. The van der Waals surface area contributed by atoms with Crippen LogP contribution in [0.4, 0.5) is 10.4 Å². The summed E-state index contributed by atoms with van der Waals surface area (Å²) in [6.07, 6.45) is 1.86. The Morgan fingerprint density at radius 1 is 1.13 bits per heavy atom. The number of halogens is 1. The summed E-state index contributed by atoms with van der Waals surface area (Å²) in [4.78, 5) is 12.6. The number of aromatic nitrogens is 2. The number of hydrogen-bond donors (Lipinski definition) is 1. The smallest absolute Gasteiger partial charge is 0.322 e. The van der Waals surface area contributed by atoms with Crippen LogP contribution >= 0.6 is 0 Å². The van der Waals surface area contributed by atoms with Crippen LogP contribution in [0.5, 0.6) is 0 Å². The second kappa shape index (κ2) is 8.56. The number of rotatable bonds is 5. The number of piperidine rings is 1. The molecule has 162 valence electrons. The first kappa shape index (κ1) is 21.1. The predicted molar refractivity (Wildman–Crippen MR) is 111 cm³/mol. The van der Waals surface area contributed by atoms with Gasteiger partial charge < -0.3 is 4.42 Å². The Morgan fingerprint density at radius 3 is 2.52 bits per heavy atom. The number of benzene rings is 2. The third-order valence-corrected chi connectivity index (χ3v) is 6.99. The Kier molecular flexibility index (Phi) is 5.84. The van der Waals surface area contributed by atoms with E-state index in [1.165, 1.54) is 52.8 Å². The summed E-state index contributed by atoms with van der Waals surface area (Å²) in [6.45, 7) is 3.04. The molecule has 10 heteroatoms. The van der Waals surface area contributed by atoms with Gasteiger partial charge in [0.1, 0.15) is 5.82 Å². The fourth-order valence-corrected chi connectivity index (χ4v) is 5.04. The van der Waals surface area contributed by atoms with E-state index in [9.17, 15) is 17.6 Å². The van der Waals surface area contributed by atoms with Gasteiger partial charge >= 0.3 is 6.01 Å². The van der Waals surface area contributed by atoms with Gasteiger partial charge in [-0.3, -0.25) is 10.1 Å². The van der Waals surface area contributed by atoms with E-state index in [1.807, 2.05) is 6.92 Å². The molecule has 1 amide bonds. The molecule has 4 rings (SSSR count). The molecule has 1 N–H and O–H groups in total. The Morgan fingerprint density at radius 2 is 1.84 bits per heavy atom. The molecule has 0 radical (unpaired) electrons. The monoisotopic (exact) mass is 444 g/mol. The summed E-state index contributed by atoms with van der Waals surface area (Å²) in [6, 6.07) is 11.1. The molecule has 8 nitrogen and oxygen atoms in total.